The van der Waals surface area contributed by atoms with E-state index in [2.05, 4.69) is 50.3 Å². The Kier molecular flexibility index (Phi) is 52.6. The van der Waals surface area contributed by atoms with Crippen molar-refractivity contribution in [2.45, 2.75) is 225 Å². The minimum atomic E-state index is 0. The lowest BCUT2D eigenvalue weighted by Gasteiger charge is -2.15. The summed E-state index contributed by atoms with van der Waals surface area (Å²) in [5.74, 6) is 0. The van der Waals surface area contributed by atoms with Crippen molar-refractivity contribution in [3.63, 3.8) is 0 Å². The second-order valence-electron chi connectivity index (χ2n) is 15.2. The molecule has 0 saturated carbocycles. The summed E-state index contributed by atoms with van der Waals surface area (Å²) in [6.07, 6.45) is 48.2. The number of unbranched alkanes of at least 4 members (excludes halogenated alkanes) is 10. The van der Waals surface area contributed by atoms with Gasteiger partial charge in [0.05, 0.1) is 0 Å². The second kappa shape index (κ2) is 48.1. The third-order valence-corrected chi connectivity index (χ3v) is 11.4. The van der Waals surface area contributed by atoms with Crippen LogP contribution in [0.5, 0.6) is 0 Å². The molecule has 0 aromatic heterocycles. The van der Waals surface area contributed by atoms with Gasteiger partial charge in [0, 0.05) is 49.8 Å². The van der Waals surface area contributed by atoms with Crippen molar-refractivity contribution in [3.05, 3.63) is 72.9 Å². The number of halogens is 9. The first kappa shape index (κ1) is 62.3. The average molecular weight is 979 g/mol. The molecule has 0 fully saturated rings. The van der Waals surface area contributed by atoms with Crippen LogP contribution in [-0.4, -0.2) is 48.4 Å². The van der Waals surface area contributed by atoms with Gasteiger partial charge in [0.2, 0.25) is 0 Å². The largest absolute Gasteiger partial charge is 0.123 e. The number of rotatable bonds is 33. The predicted octanol–water partition coefficient (Wildman–Crippen LogP) is 20.3. The number of hydrogen-bond donors (Lipinski definition) is 0. The van der Waals surface area contributed by atoms with E-state index >= 15 is 0 Å². The van der Waals surface area contributed by atoms with E-state index < -0.39 is 0 Å². The molecule has 9 unspecified atom stereocenters. The van der Waals surface area contributed by atoms with E-state index in [1.165, 1.54) is 77.0 Å². The van der Waals surface area contributed by atoms with Gasteiger partial charge in [-0.15, -0.1) is 104 Å². The molecule has 0 N–H and O–H groups in total. The van der Waals surface area contributed by atoms with Crippen LogP contribution in [0.3, 0.4) is 0 Å². The molecule has 0 aliphatic carbocycles. The molecule has 0 spiro atoms. The molecule has 57 heavy (non-hydrogen) atoms. The normalized spacial score (nSPS) is 17.1. The minimum absolute atomic E-state index is 0. The summed E-state index contributed by atoms with van der Waals surface area (Å²) in [5.41, 5.74) is 0. The quantitative estimate of drug-likeness (QED) is 0.0349. The highest BCUT2D eigenvalue weighted by Gasteiger charge is 2.15. The van der Waals surface area contributed by atoms with Crippen LogP contribution >= 0.6 is 104 Å². The van der Waals surface area contributed by atoms with Crippen molar-refractivity contribution in [1.82, 2.24) is 0 Å². The smallest absolute Gasteiger partial charge is 0.0384 e. The summed E-state index contributed by atoms with van der Waals surface area (Å²) in [6.45, 7) is 12.4. The molecule has 0 amide bonds. The van der Waals surface area contributed by atoms with Crippen molar-refractivity contribution in [1.29, 1.82) is 0 Å². The summed E-state index contributed by atoms with van der Waals surface area (Å²) in [7, 11) is 0. The summed E-state index contributed by atoms with van der Waals surface area (Å²) in [5, 5.41) is 1.01. The van der Waals surface area contributed by atoms with Gasteiger partial charge >= 0.3 is 0 Å². The second-order valence-corrected chi connectivity index (χ2v) is 21.1. The van der Waals surface area contributed by atoms with E-state index in [-0.39, 0.29) is 49.8 Å². The van der Waals surface area contributed by atoms with Crippen molar-refractivity contribution < 1.29 is 1.43 Å². The van der Waals surface area contributed by atoms with E-state index in [0.29, 0.717) is 0 Å². The van der Waals surface area contributed by atoms with E-state index in [1.54, 1.807) is 0 Å². The fourth-order valence-corrected chi connectivity index (χ4v) is 9.30. The van der Waals surface area contributed by atoms with Crippen molar-refractivity contribution in [2.24, 2.45) is 0 Å². The molecule has 0 saturated heterocycles. The summed E-state index contributed by atoms with van der Waals surface area (Å²) in [4.78, 5) is 0. The molecule has 0 rings (SSSR count). The lowest BCUT2D eigenvalue weighted by Crippen LogP contribution is -2.12. The zero-order chi connectivity index (χ0) is 43.5. The van der Waals surface area contributed by atoms with Gasteiger partial charge in [-0.05, 0) is 98.3 Å². The van der Waals surface area contributed by atoms with Gasteiger partial charge in [0.15, 0.2) is 0 Å². The van der Waals surface area contributed by atoms with Gasteiger partial charge in [0.1, 0.15) is 0 Å². The molecular weight excluding hydrogens is 896 g/mol. The Labute approximate surface area is 400 Å². The van der Waals surface area contributed by atoms with Gasteiger partial charge in [0.25, 0.3) is 0 Å². The maximum Gasteiger partial charge on any atom is 0.0384 e. The predicted molar refractivity (Wildman–Crippen MR) is 275 cm³/mol. The van der Waals surface area contributed by atoms with E-state index in [4.69, 9.17) is 104 Å². The van der Waals surface area contributed by atoms with Crippen LogP contribution in [0.25, 0.3) is 0 Å². The Balaban J connectivity index is -0.000000380. The highest BCUT2D eigenvalue weighted by Crippen LogP contribution is 2.23. The fourth-order valence-electron chi connectivity index (χ4n) is 5.65. The Morgan fingerprint density at radius 3 is 1.12 bits per heavy atom. The molecule has 9 heteroatoms. The SMILES string of the molecule is C/C=C/C=C/C=C/CC(Cl)CC(Cl)CC(C)Cl.CCCCCCC/C=C/C=C/C=C/CC(Cl)CC(Cl)CC(C)Cl.CCCCCCCCC(Cl)CC(Cl)CC(C)Cl.[HH]. The first-order valence-corrected chi connectivity index (χ1v) is 25.8. The summed E-state index contributed by atoms with van der Waals surface area (Å²) < 4.78 is 0. The van der Waals surface area contributed by atoms with Crippen LogP contribution in [0, 0.1) is 0 Å². The topological polar surface area (TPSA) is 0 Å². The van der Waals surface area contributed by atoms with E-state index in [9.17, 15) is 0 Å². The fraction of sp³-hybridized carbons (Fsp3) is 0.750. The van der Waals surface area contributed by atoms with Crippen LogP contribution in [0.1, 0.15) is 178 Å². The molecule has 0 bridgehead atoms. The third-order valence-electron chi connectivity index (χ3n) is 8.67. The van der Waals surface area contributed by atoms with Crippen molar-refractivity contribution >= 4 is 104 Å². The molecule has 0 aromatic carbocycles. The molecule has 0 heterocycles. The molecule has 0 nitrogen and oxygen atoms in total. The lowest BCUT2D eigenvalue weighted by atomic mass is 10.0. The molecule has 0 aliphatic rings. The van der Waals surface area contributed by atoms with E-state index in [1.807, 2.05) is 64.2 Å². The van der Waals surface area contributed by atoms with Gasteiger partial charge in [-0.2, -0.15) is 0 Å². The molecule has 0 aromatic rings. The highest BCUT2D eigenvalue weighted by atomic mass is 35.5. The van der Waals surface area contributed by atoms with Gasteiger partial charge in [-0.25, -0.2) is 0 Å². The van der Waals surface area contributed by atoms with E-state index in [0.717, 1.165) is 57.8 Å². The van der Waals surface area contributed by atoms with Crippen molar-refractivity contribution in [3.8, 4) is 0 Å². The highest BCUT2D eigenvalue weighted by molar-refractivity contribution is 6.26. The summed E-state index contributed by atoms with van der Waals surface area (Å²) in [6, 6.07) is 0. The lowest BCUT2D eigenvalue weighted by molar-refractivity contribution is 0.556. The Bertz CT molecular complexity index is 994. The zero-order valence-electron chi connectivity index (χ0n) is 36.4. The standard InChI is InChI=1S/C20H33Cl3.C14H27Cl3.C14H21Cl3.H2/c1-3-4-5-6-7-8-9-10-11-12-13-14-15-19(22)17-20(23)16-18(2)21;2*1-3-4-5-6-7-8-9-13(16)11-14(17)10-12(2)15;/h9-14,18-20H,3-8,15-17H2,1-2H3;12-14H,3-11H2,1-2H3;3-8,12-14H,9-11H2,1-2H3;1H/b10-9+,12-11+,14-13+;;4-3+,6-5+,8-7+;. The van der Waals surface area contributed by atoms with Crippen LogP contribution < -0.4 is 0 Å². The zero-order valence-corrected chi connectivity index (χ0v) is 43.2. The Morgan fingerprint density at radius 2 is 0.719 bits per heavy atom. The maximum atomic E-state index is 6.28. The van der Waals surface area contributed by atoms with Crippen LogP contribution in [0.4, 0.5) is 0 Å². The van der Waals surface area contributed by atoms with Crippen molar-refractivity contribution in [2.75, 3.05) is 0 Å². The molecule has 0 aliphatic heterocycles. The first-order valence-electron chi connectivity index (χ1n) is 21.9. The van der Waals surface area contributed by atoms with Crippen LogP contribution in [0.2, 0.25) is 0 Å². The van der Waals surface area contributed by atoms with Crippen LogP contribution in [0.15, 0.2) is 72.9 Å². The molecule has 9 atom stereocenters. The maximum absolute atomic E-state index is 6.28. The number of allylic oxidation sites excluding steroid dienone is 12. The van der Waals surface area contributed by atoms with Gasteiger partial charge in [-0.1, -0.05) is 151 Å². The Hall–Kier alpha value is 1.05. The first-order chi connectivity index (χ1) is 27.2. The average Bonchev–Trinajstić information content (AvgIpc) is 3.11. The third kappa shape index (κ3) is 57.0. The summed E-state index contributed by atoms with van der Waals surface area (Å²) >= 11 is 55.0. The number of hydrogen-bond acceptors (Lipinski definition) is 0. The minimum Gasteiger partial charge on any atom is -0.123 e. The molecule has 338 valence electrons. The monoisotopic (exact) mass is 974 g/mol. The Morgan fingerprint density at radius 1 is 0.368 bits per heavy atom. The number of alkyl halides is 9. The van der Waals surface area contributed by atoms with Gasteiger partial charge < -0.3 is 0 Å². The van der Waals surface area contributed by atoms with Gasteiger partial charge in [-0.3, -0.25) is 0 Å². The molecular formula is C48H83Cl9. The molecule has 0 radical (unpaired) electrons. The van der Waals surface area contributed by atoms with Crippen LogP contribution in [-0.2, 0) is 0 Å².